The van der Waals surface area contributed by atoms with Crippen molar-refractivity contribution >= 4 is 0 Å². The summed E-state index contributed by atoms with van der Waals surface area (Å²) in [5.41, 5.74) is 6.47. The zero-order valence-corrected chi connectivity index (χ0v) is 10.9. The van der Waals surface area contributed by atoms with Crippen molar-refractivity contribution in [3.63, 3.8) is 0 Å². The fourth-order valence-corrected chi connectivity index (χ4v) is 3.61. The van der Waals surface area contributed by atoms with Crippen molar-refractivity contribution in [2.45, 2.75) is 13.0 Å². The Balaban J connectivity index is 1.98. The van der Waals surface area contributed by atoms with E-state index >= 15 is 0 Å². The zero-order chi connectivity index (χ0) is 13.0. The number of rotatable bonds is 1. The standard InChI is InChI=1S/C18H16O/c1-11(19)15-9-7-14-6-5-12-3-2-4-13-8-10-16(15)18(14)17(12)13/h2-11,17-19H,1H3. The average Bonchev–Trinajstić information content (AvgIpc) is 2.44. The predicted octanol–water partition coefficient (Wildman–Crippen LogP) is 3.40. The zero-order valence-electron chi connectivity index (χ0n) is 10.9. The first-order valence-electron chi connectivity index (χ1n) is 6.84. The van der Waals surface area contributed by atoms with Crippen molar-refractivity contribution in [2.75, 3.05) is 0 Å². The maximum absolute atomic E-state index is 9.98. The van der Waals surface area contributed by atoms with Gasteiger partial charge in [0.05, 0.1) is 6.10 Å². The third-order valence-electron chi connectivity index (χ3n) is 4.49. The Hall–Kier alpha value is -1.86. The highest BCUT2D eigenvalue weighted by molar-refractivity contribution is 5.62. The largest absolute Gasteiger partial charge is 0.389 e. The second-order valence-electron chi connectivity index (χ2n) is 5.57. The summed E-state index contributed by atoms with van der Waals surface area (Å²) in [5.74, 6) is 0.819. The number of aliphatic hydroxyl groups excluding tert-OH is 1. The molecule has 1 heteroatoms. The number of hydrogen-bond donors (Lipinski definition) is 1. The van der Waals surface area contributed by atoms with Gasteiger partial charge >= 0.3 is 0 Å². The van der Waals surface area contributed by atoms with Gasteiger partial charge in [-0.15, -0.1) is 0 Å². The molecule has 1 nitrogen and oxygen atoms in total. The molecule has 3 atom stereocenters. The van der Waals surface area contributed by atoms with Crippen LogP contribution in [0.3, 0.4) is 0 Å². The molecule has 4 aliphatic rings. The fraction of sp³-hybridized carbons (Fsp3) is 0.222. The van der Waals surface area contributed by atoms with E-state index in [9.17, 15) is 5.11 Å². The van der Waals surface area contributed by atoms with Crippen molar-refractivity contribution in [1.29, 1.82) is 0 Å². The van der Waals surface area contributed by atoms with Crippen LogP contribution in [0.25, 0.3) is 0 Å². The van der Waals surface area contributed by atoms with Gasteiger partial charge in [-0.3, -0.25) is 0 Å². The molecule has 0 aliphatic heterocycles. The molecular weight excluding hydrogens is 232 g/mol. The van der Waals surface area contributed by atoms with Gasteiger partial charge in [0.1, 0.15) is 0 Å². The molecule has 3 unspecified atom stereocenters. The van der Waals surface area contributed by atoms with Gasteiger partial charge in [-0.25, -0.2) is 0 Å². The lowest BCUT2D eigenvalue weighted by Crippen LogP contribution is -2.30. The third kappa shape index (κ3) is 1.45. The maximum Gasteiger partial charge on any atom is 0.0764 e. The average molecular weight is 248 g/mol. The van der Waals surface area contributed by atoms with E-state index in [1.807, 2.05) is 6.92 Å². The van der Waals surface area contributed by atoms with Crippen molar-refractivity contribution < 1.29 is 5.11 Å². The molecule has 0 spiro atoms. The molecule has 0 aromatic heterocycles. The van der Waals surface area contributed by atoms with Gasteiger partial charge in [0.15, 0.2) is 0 Å². The van der Waals surface area contributed by atoms with Gasteiger partial charge in [0.2, 0.25) is 0 Å². The topological polar surface area (TPSA) is 20.2 Å². The molecule has 94 valence electrons. The van der Waals surface area contributed by atoms with Crippen LogP contribution in [0.1, 0.15) is 6.92 Å². The lowest BCUT2D eigenvalue weighted by molar-refractivity contribution is 0.232. The monoisotopic (exact) mass is 248 g/mol. The van der Waals surface area contributed by atoms with Gasteiger partial charge < -0.3 is 5.11 Å². The van der Waals surface area contributed by atoms with E-state index in [1.165, 1.54) is 22.3 Å². The molecule has 0 saturated carbocycles. The molecule has 4 aliphatic carbocycles. The molecule has 19 heavy (non-hydrogen) atoms. The van der Waals surface area contributed by atoms with E-state index in [0.29, 0.717) is 11.8 Å². The Morgan fingerprint density at radius 3 is 2.32 bits per heavy atom. The molecule has 0 radical (unpaired) electrons. The summed E-state index contributed by atoms with van der Waals surface area (Å²) in [5, 5.41) is 9.98. The Morgan fingerprint density at radius 2 is 1.53 bits per heavy atom. The summed E-state index contributed by atoms with van der Waals surface area (Å²) < 4.78 is 0. The van der Waals surface area contributed by atoms with Gasteiger partial charge in [-0.05, 0) is 34.8 Å². The van der Waals surface area contributed by atoms with E-state index in [2.05, 4.69) is 54.7 Å². The van der Waals surface area contributed by atoms with Crippen LogP contribution in [-0.4, -0.2) is 11.2 Å². The molecule has 0 fully saturated rings. The number of hydrogen-bond acceptors (Lipinski definition) is 1. The van der Waals surface area contributed by atoms with Crippen molar-refractivity contribution in [3.8, 4) is 0 Å². The quantitative estimate of drug-likeness (QED) is 0.754. The minimum atomic E-state index is -0.406. The highest BCUT2D eigenvalue weighted by Crippen LogP contribution is 2.49. The minimum absolute atomic E-state index is 0.385. The minimum Gasteiger partial charge on any atom is -0.389 e. The normalized spacial score (nSPS) is 31.6. The van der Waals surface area contributed by atoms with Crippen molar-refractivity contribution in [3.05, 3.63) is 82.5 Å². The van der Waals surface area contributed by atoms with Gasteiger partial charge in [0, 0.05) is 11.8 Å². The SMILES string of the molecule is CC(O)C1=C2C=CC3=CC=CC4=CC=C(C=C1)C2C34. The second kappa shape index (κ2) is 3.82. The van der Waals surface area contributed by atoms with Crippen LogP contribution >= 0.6 is 0 Å². The summed E-state index contributed by atoms with van der Waals surface area (Å²) in [7, 11) is 0. The summed E-state index contributed by atoms with van der Waals surface area (Å²) in [6.45, 7) is 1.85. The van der Waals surface area contributed by atoms with Crippen LogP contribution in [0.15, 0.2) is 82.5 Å². The van der Waals surface area contributed by atoms with Crippen LogP contribution in [0.2, 0.25) is 0 Å². The summed E-state index contributed by atoms with van der Waals surface area (Å²) >= 11 is 0. The van der Waals surface area contributed by atoms with Crippen molar-refractivity contribution in [1.82, 2.24) is 0 Å². The Bertz CT molecular complexity index is 660. The van der Waals surface area contributed by atoms with E-state index in [4.69, 9.17) is 0 Å². The molecule has 0 bridgehead atoms. The molecule has 1 N–H and O–H groups in total. The smallest absolute Gasteiger partial charge is 0.0764 e. The molecule has 0 amide bonds. The number of aliphatic hydroxyl groups is 1. The molecule has 0 saturated heterocycles. The first kappa shape index (κ1) is 11.0. The summed E-state index contributed by atoms with van der Waals surface area (Å²) in [6, 6.07) is 0. The fourth-order valence-electron chi connectivity index (χ4n) is 3.61. The van der Waals surface area contributed by atoms with Gasteiger partial charge in [-0.2, -0.15) is 0 Å². The summed E-state index contributed by atoms with van der Waals surface area (Å²) in [4.78, 5) is 0. The van der Waals surface area contributed by atoms with Gasteiger partial charge in [-0.1, -0.05) is 54.7 Å². The Kier molecular flexibility index (Phi) is 2.21. The lowest BCUT2D eigenvalue weighted by Gasteiger charge is -2.40. The maximum atomic E-state index is 9.98. The van der Waals surface area contributed by atoms with Crippen LogP contribution < -0.4 is 0 Å². The van der Waals surface area contributed by atoms with E-state index in [1.54, 1.807) is 0 Å². The van der Waals surface area contributed by atoms with Crippen LogP contribution in [0.5, 0.6) is 0 Å². The predicted molar refractivity (Wildman–Crippen MR) is 77.4 cm³/mol. The van der Waals surface area contributed by atoms with Gasteiger partial charge in [0.25, 0.3) is 0 Å². The Morgan fingerprint density at radius 1 is 0.842 bits per heavy atom. The third-order valence-corrected chi connectivity index (χ3v) is 4.49. The lowest BCUT2D eigenvalue weighted by atomic mass is 9.63. The van der Waals surface area contributed by atoms with Crippen LogP contribution in [0, 0.1) is 11.8 Å². The van der Waals surface area contributed by atoms with E-state index < -0.39 is 6.10 Å². The van der Waals surface area contributed by atoms with Crippen LogP contribution in [0.4, 0.5) is 0 Å². The second-order valence-corrected chi connectivity index (χ2v) is 5.57. The van der Waals surface area contributed by atoms with Crippen LogP contribution in [-0.2, 0) is 0 Å². The first-order chi connectivity index (χ1) is 9.25. The summed E-state index contributed by atoms with van der Waals surface area (Å²) in [6.07, 6.45) is 19.2. The van der Waals surface area contributed by atoms with E-state index in [-0.39, 0.29) is 0 Å². The molecule has 4 rings (SSSR count). The first-order valence-corrected chi connectivity index (χ1v) is 6.84. The highest BCUT2D eigenvalue weighted by atomic mass is 16.3. The number of allylic oxidation sites excluding steroid dienone is 12. The van der Waals surface area contributed by atoms with E-state index in [0.717, 1.165) is 5.57 Å². The molecular formula is C18H16O. The molecule has 0 aromatic carbocycles. The Labute approximate surface area is 113 Å². The molecule has 0 heterocycles. The van der Waals surface area contributed by atoms with Crippen molar-refractivity contribution in [2.24, 2.45) is 11.8 Å². The molecule has 0 aromatic rings. The highest BCUT2D eigenvalue weighted by Gasteiger charge is 2.38.